The van der Waals surface area contributed by atoms with Crippen LogP contribution in [-0.4, -0.2) is 31.1 Å². The minimum Gasteiger partial charge on any atom is -0.468 e. The molecule has 1 aliphatic rings. The number of carbonyl (C=O) groups is 1. The first kappa shape index (κ1) is 11.1. The van der Waals surface area contributed by atoms with Crippen LogP contribution in [0.15, 0.2) is 30.3 Å². The Hall–Kier alpha value is -1.35. The molecule has 1 fully saturated rings. The van der Waals surface area contributed by atoms with E-state index in [1.807, 2.05) is 25.2 Å². The van der Waals surface area contributed by atoms with E-state index in [9.17, 15) is 4.79 Å². The molecule has 0 spiro atoms. The van der Waals surface area contributed by atoms with Gasteiger partial charge in [-0.15, -0.1) is 0 Å². The molecule has 0 aliphatic carbocycles. The average Bonchev–Trinajstić information content (AvgIpc) is 2.71. The van der Waals surface area contributed by atoms with Gasteiger partial charge in [0.2, 0.25) is 0 Å². The fraction of sp³-hybridized carbons (Fsp3) is 0.462. The molecular weight excluding hydrogens is 202 g/mol. The van der Waals surface area contributed by atoms with Crippen molar-refractivity contribution in [3.63, 3.8) is 0 Å². The summed E-state index contributed by atoms with van der Waals surface area (Å²) in [6, 6.07) is 10.6. The number of hydrogen-bond donors (Lipinski definition) is 0. The lowest BCUT2D eigenvalue weighted by Crippen LogP contribution is -2.35. The Bertz CT molecular complexity index is 363. The highest BCUT2D eigenvalue weighted by Gasteiger charge is 2.36. The predicted molar refractivity (Wildman–Crippen MR) is 62.0 cm³/mol. The van der Waals surface area contributed by atoms with Gasteiger partial charge in [0, 0.05) is 6.04 Å². The third kappa shape index (κ3) is 1.95. The summed E-state index contributed by atoms with van der Waals surface area (Å²) in [5.41, 5.74) is 1.27. The van der Waals surface area contributed by atoms with Gasteiger partial charge >= 0.3 is 5.97 Å². The number of hydrogen-bond acceptors (Lipinski definition) is 3. The van der Waals surface area contributed by atoms with E-state index in [-0.39, 0.29) is 12.0 Å². The van der Waals surface area contributed by atoms with Gasteiger partial charge in [-0.1, -0.05) is 30.3 Å². The second-order valence-electron chi connectivity index (χ2n) is 4.21. The van der Waals surface area contributed by atoms with Crippen molar-refractivity contribution in [2.75, 3.05) is 14.2 Å². The number of nitrogens with zero attached hydrogens (tertiary/aromatic N) is 1. The van der Waals surface area contributed by atoms with Crippen molar-refractivity contribution < 1.29 is 9.53 Å². The molecule has 1 aliphatic heterocycles. The van der Waals surface area contributed by atoms with Gasteiger partial charge in [0.05, 0.1) is 7.11 Å². The summed E-state index contributed by atoms with van der Waals surface area (Å²) < 4.78 is 4.81. The Balaban J connectivity index is 2.13. The Kier molecular flexibility index (Phi) is 3.25. The predicted octanol–water partition coefficient (Wildman–Crippen LogP) is 1.99. The van der Waals surface area contributed by atoms with Crippen LogP contribution in [0.25, 0.3) is 0 Å². The van der Waals surface area contributed by atoms with Crippen molar-refractivity contribution in [3.05, 3.63) is 35.9 Å². The van der Waals surface area contributed by atoms with E-state index in [0.29, 0.717) is 6.04 Å². The van der Waals surface area contributed by atoms with Gasteiger partial charge in [-0.25, -0.2) is 0 Å². The van der Waals surface area contributed by atoms with Gasteiger partial charge in [0.1, 0.15) is 6.04 Å². The van der Waals surface area contributed by atoms with Crippen LogP contribution in [0, 0.1) is 0 Å². The summed E-state index contributed by atoms with van der Waals surface area (Å²) in [6.07, 6.45) is 1.89. The monoisotopic (exact) mass is 219 g/mol. The molecule has 0 N–H and O–H groups in total. The maximum atomic E-state index is 11.5. The zero-order valence-corrected chi connectivity index (χ0v) is 9.72. The van der Waals surface area contributed by atoms with Crippen LogP contribution < -0.4 is 0 Å². The molecular formula is C13H17NO2. The van der Waals surface area contributed by atoms with Crippen molar-refractivity contribution in [1.82, 2.24) is 4.90 Å². The highest BCUT2D eigenvalue weighted by Crippen LogP contribution is 2.34. The van der Waals surface area contributed by atoms with Crippen LogP contribution in [0.5, 0.6) is 0 Å². The molecule has 86 valence electrons. The second-order valence-corrected chi connectivity index (χ2v) is 4.21. The van der Waals surface area contributed by atoms with E-state index in [0.717, 1.165) is 12.8 Å². The fourth-order valence-electron chi connectivity index (χ4n) is 2.44. The molecule has 0 unspecified atom stereocenters. The molecule has 3 heteroatoms. The van der Waals surface area contributed by atoms with Crippen molar-refractivity contribution >= 4 is 5.97 Å². The van der Waals surface area contributed by atoms with Crippen LogP contribution in [0.4, 0.5) is 0 Å². The molecule has 16 heavy (non-hydrogen) atoms. The molecule has 3 nitrogen and oxygen atoms in total. The van der Waals surface area contributed by atoms with E-state index in [2.05, 4.69) is 17.0 Å². The van der Waals surface area contributed by atoms with Gasteiger partial charge in [-0.2, -0.15) is 0 Å². The minimum atomic E-state index is -0.124. The zero-order chi connectivity index (χ0) is 11.5. The summed E-state index contributed by atoms with van der Waals surface area (Å²) in [6.45, 7) is 0. The minimum absolute atomic E-state index is 0.0878. The highest BCUT2D eigenvalue weighted by atomic mass is 16.5. The van der Waals surface area contributed by atoms with Crippen molar-refractivity contribution in [2.45, 2.75) is 24.9 Å². The van der Waals surface area contributed by atoms with E-state index in [1.54, 1.807) is 0 Å². The SMILES string of the molecule is COC(=O)[C@H]1CC[C@@H](c2ccccc2)N1C. The van der Waals surface area contributed by atoms with Gasteiger partial charge in [-0.3, -0.25) is 9.69 Å². The maximum absolute atomic E-state index is 11.5. The van der Waals surface area contributed by atoms with Gasteiger partial charge in [0.15, 0.2) is 0 Å². The standard InChI is InChI=1S/C13H17NO2/c1-14-11(10-6-4-3-5-7-10)8-9-12(14)13(15)16-2/h3-7,11-12H,8-9H2,1-2H3/t11-,12+/m0/s1. The molecule has 2 rings (SSSR count). The van der Waals surface area contributed by atoms with Crippen molar-refractivity contribution in [2.24, 2.45) is 0 Å². The van der Waals surface area contributed by atoms with Crippen LogP contribution in [0.3, 0.4) is 0 Å². The molecule has 1 aromatic rings. The number of methoxy groups -OCH3 is 1. The molecule has 1 heterocycles. The molecule has 0 amide bonds. The lowest BCUT2D eigenvalue weighted by atomic mass is 10.1. The molecule has 2 atom stereocenters. The van der Waals surface area contributed by atoms with E-state index < -0.39 is 0 Å². The van der Waals surface area contributed by atoms with Crippen LogP contribution >= 0.6 is 0 Å². The topological polar surface area (TPSA) is 29.5 Å². The van der Waals surface area contributed by atoms with Crippen molar-refractivity contribution in [1.29, 1.82) is 0 Å². The van der Waals surface area contributed by atoms with Crippen LogP contribution in [0.1, 0.15) is 24.4 Å². The summed E-state index contributed by atoms with van der Waals surface area (Å²) >= 11 is 0. The zero-order valence-electron chi connectivity index (χ0n) is 9.72. The highest BCUT2D eigenvalue weighted by molar-refractivity contribution is 5.76. The van der Waals surface area contributed by atoms with Gasteiger partial charge in [-0.05, 0) is 25.5 Å². The third-order valence-corrected chi connectivity index (χ3v) is 3.35. The second kappa shape index (κ2) is 4.66. The molecule has 1 aromatic carbocycles. The van der Waals surface area contributed by atoms with Gasteiger partial charge in [0.25, 0.3) is 0 Å². The molecule has 0 radical (unpaired) electrons. The van der Waals surface area contributed by atoms with Gasteiger partial charge < -0.3 is 4.74 Å². The Labute approximate surface area is 96.0 Å². The Morgan fingerprint density at radius 3 is 2.62 bits per heavy atom. The molecule has 0 aromatic heterocycles. The number of ether oxygens (including phenoxy) is 1. The maximum Gasteiger partial charge on any atom is 0.323 e. The largest absolute Gasteiger partial charge is 0.468 e. The number of carbonyl (C=O) groups excluding carboxylic acids is 1. The summed E-state index contributed by atoms with van der Waals surface area (Å²) in [5, 5.41) is 0. The molecule has 0 bridgehead atoms. The van der Waals surface area contributed by atoms with Crippen LogP contribution in [-0.2, 0) is 9.53 Å². The summed E-state index contributed by atoms with van der Waals surface area (Å²) in [4.78, 5) is 13.6. The summed E-state index contributed by atoms with van der Waals surface area (Å²) in [5.74, 6) is -0.124. The molecule has 0 saturated carbocycles. The first-order valence-electron chi connectivity index (χ1n) is 5.58. The van der Waals surface area contributed by atoms with E-state index in [4.69, 9.17) is 4.74 Å². The van der Waals surface area contributed by atoms with Crippen LogP contribution in [0.2, 0.25) is 0 Å². The average molecular weight is 219 g/mol. The summed E-state index contributed by atoms with van der Waals surface area (Å²) in [7, 11) is 3.44. The smallest absolute Gasteiger partial charge is 0.323 e. The lowest BCUT2D eigenvalue weighted by Gasteiger charge is -2.24. The van der Waals surface area contributed by atoms with E-state index in [1.165, 1.54) is 12.7 Å². The van der Waals surface area contributed by atoms with Crippen molar-refractivity contribution in [3.8, 4) is 0 Å². The normalized spacial score (nSPS) is 25.6. The molecule has 1 saturated heterocycles. The Morgan fingerprint density at radius 2 is 2.00 bits per heavy atom. The first-order chi connectivity index (χ1) is 7.74. The number of likely N-dealkylation sites (tertiary alicyclic amines) is 1. The number of esters is 1. The number of rotatable bonds is 2. The fourth-order valence-corrected chi connectivity index (χ4v) is 2.44. The Morgan fingerprint density at radius 1 is 1.31 bits per heavy atom. The first-order valence-corrected chi connectivity index (χ1v) is 5.58. The number of benzene rings is 1. The third-order valence-electron chi connectivity index (χ3n) is 3.35. The quantitative estimate of drug-likeness (QED) is 0.712. The number of likely N-dealkylation sites (N-methyl/N-ethyl adjacent to an activating group) is 1. The van der Waals surface area contributed by atoms with E-state index >= 15 is 0 Å². The lowest BCUT2D eigenvalue weighted by molar-refractivity contribution is -0.145.